The number of amides is 2. The maximum Gasteiger partial charge on any atom is 0.320 e. The first-order valence-corrected chi connectivity index (χ1v) is 9.47. The van der Waals surface area contributed by atoms with Crippen LogP contribution in [-0.4, -0.2) is 28.3 Å². The van der Waals surface area contributed by atoms with Crippen LogP contribution < -0.4 is 15.4 Å². The zero-order valence-corrected chi connectivity index (χ0v) is 15.3. The standard InChI is InChI=1S/C18H23N5OS/c1-3-25-22-12(2)14-8-15(10-20-9-14)16-7-13-5-4-6-23(18(19)24)17(13)21-11-16/h7-12,22H,3-6H2,1-2H3,(H2,19,24)/t12-/m1/s1. The number of carbonyl (C=O) groups excluding carboxylic acids is 1. The molecule has 0 spiro atoms. The number of pyridine rings is 2. The average molecular weight is 357 g/mol. The Bertz CT molecular complexity index is 767. The lowest BCUT2D eigenvalue weighted by atomic mass is 10.00. The Morgan fingerprint density at radius 1 is 1.36 bits per heavy atom. The number of urea groups is 1. The molecular weight excluding hydrogens is 334 g/mol. The van der Waals surface area contributed by atoms with Gasteiger partial charge >= 0.3 is 6.03 Å². The number of nitrogens with one attached hydrogen (secondary N) is 1. The van der Waals surface area contributed by atoms with Gasteiger partial charge in [-0.05, 0) is 43.0 Å². The minimum Gasteiger partial charge on any atom is -0.351 e. The lowest BCUT2D eigenvalue weighted by molar-refractivity contribution is 0.253. The van der Waals surface area contributed by atoms with Gasteiger partial charge in [0.25, 0.3) is 0 Å². The van der Waals surface area contributed by atoms with Crippen LogP contribution in [-0.2, 0) is 6.42 Å². The minimum atomic E-state index is -0.446. The molecule has 0 radical (unpaired) electrons. The number of anilines is 1. The Balaban J connectivity index is 1.89. The van der Waals surface area contributed by atoms with Crippen LogP contribution in [0.5, 0.6) is 0 Å². The van der Waals surface area contributed by atoms with Crippen LogP contribution in [0.3, 0.4) is 0 Å². The molecule has 132 valence electrons. The SMILES string of the molecule is CCSN[C@H](C)c1cncc(-c2cnc3c(c2)CCCN3C(N)=O)c1. The number of carbonyl (C=O) groups is 1. The zero-order chi connectivity index (χ0) is 17.8. The van der Waals surface area contributed by atoms with Gasteiger partial charge in [-0.15, -0.1) is 0 Å². The molecule has 1 aliphatic rings. The zero-order valence-electron chi connectivity index (χ0n) is 14.5. The molecule has 2 amide bonds. The summed E-state index contributed by atoms with van der Waals surface area (Å²) in [6, 6.07) is 4.00. The summed E-state index contributed by atoms with van der Waals surface area (Å²) in [6.07, 6.45) is 7.33. The highest BCUT2D eigenvalue weighted by atomic mass is 32.2. The number of aromatic nitrogens is 2. The Labute approximate surface area is 152 Å². The fourth-order valence-electron chi connectivity index (χ4n) is 2.96. The molecule has 0 fully saturated rings. The largest absolute Gasteiger partial charge is 0.351 e. The molecule has 3 rings (SSSR count). The van der Waals surface area contributed by atoms with Gasteiger partial charge in [-0.25, -0.2) is 9.78 Å². The molecule has 2 aromatic rings. The van der Waals surface area contributed by atoms with Gasteiger partial charge in [0.05, 0.1) is 0 Å². The number of hydrogen-bond acceptors (Lipinski definition) is 5. The predicted molar refractivity (Wildman–Crippen MR) is 102 cm³/mol. The predicted octanol–water partition coefficient (Wildman–Crippen LogP) is 3.29. The maximum atomic E-state index is 11.6. The molecule has 0 aliphatic carbocycles. The molecule has 6 nitrogen and oxygen atoms in total. The molecule has 1 atom stereocenters. The highest BCUT2D eigenvalue weighted by Crippen LogP contribution is 2.30. The molecule has 1 aliphatic heterocycles. The highest BCUT2D eigenvalue weighted by molar-refractivity contribution is 7.97. The van der Waals surface area contributed by atoms with Crippen LogP contribution >= 0.6 is 11.9 Å². The maximum absolute atomic E-state index is 11.6. The number of fused-ring (bicyclic) bond motifs is 1. The van der Waals surface area contributed by atoms with E-state index in [2.05, 4.69) is 40.7 Å². The van der Waals surface area contributed by atoms with Crippen molar-refractivity contribution in [3.8, 4) is 11.1 Å². The van der Waals surface area contributed by atoms with E-state index in [0.29, 0.717) is 12.4 Å². The van der Waals surface area contributed by atoms with Gasteiger partial charge < -0.3 is 5.73 Å². The molecule has 0 saturated carbocycles. The third kappa shape index (κ3) is 3.93. The van der Waals surface area contributed by atoms with Crippen molar-refractivity contribution in [3.63, 3.8) is 0 Å². The third-order valence-electron chi connectivity index (χ3n) is 4.29. The summed E-state index contributed by atoms with van der Waals surface area (Å²) in [7, 11) is 0. The van der Waals surface area contributed by atoms with Crippen molar-refractivity contribution in [2.75, 3.05) is 17.2 Å². The molecule has 2 aromatic heterocycles. The number of primary amides is 1. The molecular formula is C18H23N5OS. The Kier molecular flexibility index (Phi) is 5.55. The van der Waals surface area contributed by atoms with Crippen molar-refractivity contribution in [1.82, 2.24) is 14.7 Å². The number of nitrogens with zero attached hydrogens (tertiary/aromatic N) is 3. The Morgan fingerprint density at radius 3 is 2.92 bits per heavy atom. The molecule has 7 heteroatoms. The van der Waals surface area contributed by atoms with Crippen LogP contribution in [0.1, 0.15) is 37.4 Å². The first-order valence-electron chi connectivity index (χ1n) is 8.48. The minimum absolute atomic E-state index is 0.216. The lowest BCUT2D eigenvalue weighted by Gasteiger charge is -2.27. The lowest BCUT2D eigenvalue weighted by Crippen LogP contribution is -2.40. The number of aryl methyl sites for hydroxylation is 1. The van der Waals surface area contributed by atoms with Gasteiger partial charge in [-0.3, -0.25) is 14.6 Å². The second-order valence-corrected chi connectivity index (χ2v) is 7.18. The van der Waals surface area contributed by atoms with Gasteiger partial charge in [-0.2, -0.15) is 0 Å². The van der Waals surface area contributed by atoms with Crippen molar-refractivity contribution in [3.05, 3.63) is 41.9 Å². The van der Waals surface area contributed by atoms with Crippen molar-refractivity contribution < 1.29 is 4.79 Å². The van der Waals surface area contributed by atoms with E-state index in [1.54, 1.807) is 23.0 Å². The van der Waals surface area contributed by atoms with Crippen LogP contribution in [0.15, 0.2) is 30.7 Å². The van der Waals surface area contributed by atoms with E-state index in [1.165, 1.54) is 0 Å². The van der Waals surface area contributed by atoms with Gasteiger partial charge in [0, 0.05) is 48.1 Å². The number of rotatable bonds is 5. The average Bonchev–Trinajstić information content (AvgIpc) is 2.65. The summed E-state index contributed by atoms with van der Waals surface area (Å²) in [5.41, 5.74) is 9.68. The molecule has 25 heavy (non-hydrogen) atoms. The fraction of sp³-hybridized carbons (Fsp3) is 0.389. The van der Waals surface area contributed by atoms with Crippen LogP contribution in [0.4, 0.5) is 10.6 Å². The smallest absolute Gasteiger partial charge is 0.320 e. The van der Waals surface area contributed by atoms with Gasteiger partial charge in [0.15, 0.2) is 0 Å². The molecule has 0 unspecified atom stereocenters. The topological polar surface area (TPSA) is 84.1 Å². The Hall–Kier alpha value is -2.12. The van der Waals surface area contributed by atoms with Crippen LogP contribution in [0, 0.1) is 0 Å². The van der Waals surface area contributed by atoms with Crippen LogP contribution in [0.25, 0.3) is 11.1 Å². The normalized spacial score (nSPS) is 14.9. The molecule has 0 aromatic carbocycles. The Morgan fingerprint density at radius 2 is 2.16 bits per heavy atom. The summed E-state index contributed by atoms with van der Waals surface area (Å²) in [5, 5.41) is 0. The highest BCUT2D eigenvalue weighted by Gasteiger charge is 2.22. The van der Waals surface area contributed by atoms with Crippen LogP contribution in [0.2, 0.25) is 0 Å². The van der Waals surface area contributed by atoms with E-state index >= 15 is 0 Å². The second-order valence-electron chi connectivity index (χ2n) is 6.08. The van der Waals surface area contributed by atoms with E-state index in [9.17, 15) is 4.79 Å². The molecule has 3 heterocycles. The van der Waals surface area contributed by atoms with Crippen molar-refractivity contribution >= 4 is 23.8 Å². The van der Waals surface area contributed by atoms with Crippen molar-refractivity contribution in [2.45, 2.75) is 32.7 Å². The van der Waals surface area contributed by atoms with Gasteiger partial charge in [0.2, 0.25) is 0 Å². The van der Waals surface area contributed by atoms with Crippen molar-refractivity contribution in [1.29, 1.82) is 0 Å². The summed E-state index contributed by atoms with van der Waals surface area (Å²) < 4.78 is 3.40. The third-order valence-corrected chi connectivity index (χ3v) is 5.10. The van der Waals surface area contributed by atoms with E-state index in [0.717, 1.165) is 40.8 Å². The van der Waals surface area contributed by atoms with E-state index in [1.807, 2.05) is 12.4 Å². The summed E-state index contributed by atoms with van der Waals surface area (Å²) >= 11 is 1.69. The molecule has 0 saturated heterocycles. The van der Waals surface area contributed by atoms with Gasteiger partial charge in [0.1, 0.15) is 5.82 Å². The summed E-state index contributed by atoms with van der Waals surface area (Å²) in [5.74, 6) is 1.70. The van der Waals surface area contributed by atoms with Gasteiger partial charge in [-0.1, -0.05) is 18.9 Å². The monoisotopic (exact) mass is 357 g/mol. The number of hydrogen-bond donors (Lipinski definition) is 2. The fourth-order valence-corrected chi connectivity index (χ4v) is 3.52. The summed E-state index contributed by atoms with van der Waals surface area (Å²) in [4.78, 5) is 22.0. The first kappa shape index (κ1) is 17.7. The molecule has 3 N–H and O–H groups in total. The second kappa shape index (κ2) is 7.84. The van der Waals surface area contributed by atoms with E-state index in [4.69, 9.17) is 5.73 Å². The summed E-state index contributed by atoms with van der Waals surface area (Å²) in [6.45, 7) is 4.87. The van der Waals surface area contributed by atoms with E-state index < -0.39 is 6.03 Å². The quantitative estimate of drug-likeness (QED) is 0.802. The van der Waals surface area contributed by atoms with E-state index in [-0.39, 0.29) is 6.04 Å². The molecule has 0 bridgehead atoms. The first-order chi connectivity index (χ1) is 12.1. The number of nitrogens with two attached hydrogens (primary N) is 1. The van der Waals surface area contributed by atoms with Crippen molar-refractivity contribution in [2.24, 2.45) is 5.73 Å².